The third-order valence-corrected chi connectivity index (χ3v) is 5.47. The van der Waals surface area contributed by atoms with E-state index in [1.54, 1.807) is 6.20 Å². The number of nitrogens with zero attached hydrogens (tertiary/aromatic N) is 3. The Morgan fingerprint density at radius 2 is 2.22 bits per heavy atom. The number of aryl methyl sites for hydroxylation is 1. The number of aromatic nitrogens is 3. The van der Waals surface area contributed by atoms with Crippen molar-refractivity contribution in [1.29, 1.82) is 0 Å². The lowest BCUT2D eigenvalue weighted by Gasteiger charge is -2.41. The summed E-state index contributed by atoms with van der Waals surface area (Å²) >= 11 is 0. The third-order valence-electron chi connectivity index (χ3n) is 5.47. The van der Waals surface area contributed by atoms with Gasteiger partial charge in [-0.15, -0.1) is 0 Å². The number of carbonyl (C=O) groups excluding carboxylic acids is 1. The lowest BCUT2D eigenvalue weighted by Crippen LogP contribution is -2.45. The Morgan fingerprint density at radius 1 is 1.48 bits per heavy atom. The molecule has 3 N–H and O–H groups in total. The smallest absolute Gasteiger partial charge is 0.255 e. The maximum Gasteiger partial charge on any atom is 0.255 e. The number of H-pyrrole nitrogens is 1. The van der Waals surface area contributed by atoms with E-state index in [1.807, 2.05) is 17.9 Å². The minimum absolute atomic E-state index is 0.0221. The van der Waals surface area contributed by atoms with Gasteiger partial charge in [-0.3, -0.25) is 9.89 Å². The molecule has 6 nitrogen and oxygen atoms in total. The van der Waals surface area contributed by atoms with E-state index in [-0.39, 0.29) is 16.7 Å². The number of likely N-dealkylation sites (tertiary alicyclic amines) is 1. The van der Waals surface area contributed by atoms with Crippen LogP contribution in [0.5, 0.6) is 0 Å². The first-order valence-electron chi connectivity index (χ1n) is 8.07. The Hall–Kier alpha value is -1.95. The van der Waals surface area contributed by atoms with Crippen LogP contribution >= 0.6 is 0 Å². The van der Waals surface area contributed by atoms with Gasteiger partial charge in [-0.1, -0.05) is 20.8 Å². The molecule has 0 aromatic carbocycles. The van der Waals surface area contributed by atoms with Crippen LogP contribution in [-0.2, 0) is 0 Å². The first kappa shape index (κ1) is 15.9. The number of carbonyl (C=O) groups is 1. The predicted octanol–water partition coefficient (Wildman–Crippen LogP) is 2.10. The molecule has 1 fully saturated rings. The Bertz CT molecular complexity index is 745. The van der Waals surface area contributed by atoms with Crippen LogP contribution in [0.25, 0.3) is 11.0 Å². The van der Waals surface area contributed by atoms with Crippen molar-refractivity contribution in [3.63, 3.8) is 0 Å². The molecular weight excluding hydrogens is 290 g/mol. The molecule has 6 heteroatoms. The van der Waals surface area contributed by atoms with E-state index in [0.29, 0.717) is 24.3 Å². The quantitative estimate of drug-likeness (QED) is 0.888. The summed E-state index contributed by atoms with van der Waals surface area (Å²) in [6, 6.07) is 1.88. The summed E-state index contributed by atoms with van der Waals surface area (Å²) in [5, 5.41) is 7.91. The number of nitrogens with two attached hydrogens (primary N) is 1. The molecule has 2 aromatic heterocycles. The van der Waals surface area contributed by atoms with Gasteiger partial charge < -0.3 is 10.6 Å². The molecule has 0 radical (unpaired) electrons. The van der Waals surface area contributed by atoms with Gasteiger partial charge in [0, 0.05) is 42.3 Å². The molecule has 2 aromatic rings. The van der Waals surface area contributed by atoms with Crippen molar-refractivity contribution in [2.45, 2.75) is 34.1 Å². The van der Waals surface area contributed by atoms with E-state index in [0.717, 1.165) is 24.0 Å². The van der Waals surface area contributed by atoms with E-state index in [9.17, 15) is 4.79 Å². The average molecular weight is 315 g/mol. The van der Waals surface area contributed by atoms with Gasteiger partial charge in [-0.05, 0) is 24.8 Å². The number of pyridine rings is 1. The molecule has 1 aliphatic rings. The number of fused-ring (bicyclic) bond motifs is 1. The number of amides is 1. The highest BCUT2D eigenvalue weighted by Gasteiger charge is 2.47. The first-order valence-corrected chi connectivity index (χ1v) is 8.07. The summed E-state index contributed by atoms with van der Waals surface area (Å²) in [7, 11) is 0. The van der Waals surface area contributed by atoms with Gasteiger partial charge in [0.15, 0.2) is 5.65 Å². The lowest BCUT2D eigenvalue weighted by molar-refractivity contribution is 0.0692. The monoisotopic (exact) mass is 315 g/mol. The second-order valence-electron chi connectivity index (χ2n) is 7.65. The number of hydrogen-bond acceptors (Lipinski definition) is 4. The van der Waals surface area contributed by atoms with Crippen molar-refractivity contribution in [3.8, 4) is 0 Å². The molecule has 3 rings (SSSR count). The highest BCUT2D eigenvalue weighted by atomic mass is 16.2. The minimum atomic E-state index is -0.0221. The second-order valence-corrected chi connectivity index (χ2v) is 7.65. The largest absolute Gasteiger partial charge is 0.338 e. The van der Waals surface area contributed by atoms with Crippen molar-refractivity contribution in [3.05, 3.63) is 23.5 Å². The standard InChI is InChI=1S/C17H25N5O/c1-11-13-7-12(8-19-14(13)21-20-11)15(23)22-6-5-17(9-18,10-22)16(2,3)4/h7-8H,5-6,9-10,18H2,1-4H3,(H,19,20,21). The van der Waals surface area contributed by atoms with Gasteiger partial charge in [0.1, 0.15) is 0 Å². The first-order chi connectivity index (χ1) is 10.8. The Labute approximate surface area is 136 Å². The fourth-order valence-corrected chi connectivity index (χ4v) is 3.45. The zero-order valence-electron chi connectivity index (χ0n) is 14.3. The molecule has 124 valence electrons. The second kappa shape index (κ2) is 5.30. The number of rotatable bonds is 2. The summed E-state index contributed by atoms with van der Waals surface area (Å²) in [6.45, 7) is 10.6. The van der Waals surface area contributed by atoms with Crippen molar-refractivity contribution in [2.75, 3.05) is 19.6 Å². The molecule has 0 bridgehead atoms. The van der Waals surface area contributed by atoms with Gasteiger partial charge in [-0.2, -0.15) is 5.10 Å². The molecule has 1 amide bonds. The van der Waals surface area contributed by atoms with E-state index in [4.69, 9.17) is 5.73 Å². The average Bonchev–Trinajstić information content (AvgIpc) is 3.11. The van der Waals surface area contributed by atoms with Crippen LogP contribution in [0.15, 0.2) is 12.3 Å². The fraction of sp³-hybridized carbons (Fsp3) is 0.588. The van der Waals surface area contributed by atoms with Crippen LogP contribution < -0.4 is 5.73 Å². The van der Waals surface area contributed by atoms with Crippen LogP contribution in [0.3, 0.4) is 0 Å². The highest BCUT2D eigenvalue weighted by Crippen LogP contribution is 2.45. The SMILES string of the molecule is Cc1[nH]nc2ncc(C(=O)N3CCC(CN)(C(C)(C)C)C3)cc12. The summed E-state index contributed by atoms with van der Waals surface area (Å²) in [6.07, 6.45) is 2.56. The van der Waals surface area contributed by atoms with Gasteiger partial charge in [0.25, 0.3) is 5.91 Å². The molecule has 1 unspecified atom stereocenters. The summed E-state index contributed by atoms with van der Waals surface area (Å²) in [5.74, 6) is 0.0274. The van der Waals surface area contributed by atoms with Gasteiger partial charge in [-0.25, -0.2) is 4.98 Å². The Kier molecular flexibility index (Phi) is 3.67. The van der Waals surface area contributed by atoms with Crippen LogP contribution in [0, 0.1) is 17.8 Å². The Balaban J connectivity index is 1.87. The molecular formula is C17H25N5O. The van der Waals surface area contributed by atoms with E-state index < -0.39 is 0 Å². The van der Waals surface area contributed by atoms with Gasteiger partial charge in [0.2, 0.25) is 0 Å². The maximum absolute atomic E-state index is 12.9. The minimum Gasteiger partial charge on any atom is -0.338 e. The number of nitrogens with one attached hydrogen (secondary N) is 1. The van der Waals surface area contributed by atoms with Crippen molar-refractivity contribution in [2.24, 2.45) is 16.6 Å². The topological polar surface area (TPSA) is 87.9 Å². The van der Waals surface area contributed by atoms with E-state index >= 15 is 0 Å². The number of hydrogen-bond donors (Lipinski definition) is 2. The van der Waals surface area contributed by atoms with Gasteiger partial charge >= 0.3 is 0 Å². The van der Waals surface area contributed by atoms with E-state index in [1.165, 1.54) is 0 Å². The molecule has 0 aliphatic carbocycles. The lowest BCUT2D eigenvalue weighted by atomic mass is 9.66. The predicted molar refractivity (Wildman–Crippen MR) is 90.1 cm³/mol. The highest BCUT2D eigenvalue weighted by molar-refractivity contribution is 5.97. The van der Waals surface area contributed by atoms with Crippen molar-refractivity contribution >= 4 is 16.9 Å². The summed E-state index contributed by atoms with van der Waals surface area (Å²) in [5.41, 5.74) is 8.31. The molecule has 0 saturated carbocycles. The molecule has 23 heavy (non-hydrogen) atoms. The zero-order chi connectivity index (χ0) is 16.8. The molecule has 3 heterocycles. The molecule has 0 spiro atoms. The van der Waals surface area contributed by atoms with Crippen LogP contribution in [0.2, 0.25) is 0 Å². The fourth-order valence-electron chi connectivity index (χ4n) is 3.45. The summed E-state index contributed by atoms with van der Waals surface area (Å²) in [4.78, 5) is 19.1. The normalized spacial score (nSPS) is 22.0. The maximum atomic E-state index is 12.9. The van der Waals surface area contributed by atoms with Crippen LogP contribution in [0.1, 0.15) is 43.2 Å². The van der Waals surface area contributed by atoms with Crippen molar-refractivity contribution in [1.82, 2.24) is 20.1 Å². The van der Waals surface area contributed by atoms with E-state index in [2.05, 4.69) is 36.0 Å². The van der Waals surface area contributed by atoms with Gasteiger partial charge in [0.05, 0.1) is 5.56 Å². The Morgan fingerprint density at radius 3 is 2.83 bits per heavy atom. The van der Waals surface area contributed by atoms with Crippen LogP contribution in [-0.4, -0.2) is 45.6 Å². The van der Waals surface area contributed by atoms with Crippen LogP contribution in [0.4, 0.5) is 0 Å². The zero-order valence-corrected chi connectivity index (χ0v) is 14.3. The molecule has 1 aliphatic heterocycles. The third kappa shape index (κ3) is 2.51. The summed E-state index contributed by atoms with van der Waals surface area (Å²) < 4.78 is 0. The van der Waals surface area contributed by atoms with Crippen molar-refractivity contribution < 1.29 is 4.79 Å². The molecule has 1 saturated heterocycles. The number of aromatic amines is 1. The molecule has 1 atom stereocenters.